The average Bonchev–Trinajstić information content (AvgIpc) is 3.04. The number of carboxylic acids is 1. The number of carbonyl (C=O) groups is 3. The molecule has 2 amide bonds. The van der Waals surface area contributed by atoms with Crippen molar-refractivity contribution in [3.05, 3.63) is 35.4 Å². The zero-order chi connectivity index (χ0) is 19.8. The maximum Gasteiger partial charge on any atom is 0.311 e. The van der Waals surface area contributed by atoms with Crippen LogP contribution in [0.15, 0.2) is 18.2 Å². The Kier molecular flexibility index (Phi) is 5.17. The summed E-state index contributed by atoms with van der Waals surface area (Å²) in [6.45, 7) is 2.86. The molecule has 0 saturated carbocycles. The van der Waals surface area contributed by atoms with Crippen LogP contribution < -0.4 is 0 Å². The van der Waals surface area contributed by atoms with Gasteiger partial charge in [-0.05, 0) is 38.3 Å². The standard InChI is InChI=1S/C19H22F2N2O4/c1-19(18(26)27)6-9-23(11-19)16(24)12-4-7-22(8-5-12)17(25)14-3-2-13(20)10-15(14)21/h2-3,10,12H,4-9,11H2,1H3,(H,26,27). The molecule has 2 aliphatic rings. The Morgan fingerprint density at radius 3 is 2.33 bits per heavy atom. The van der Waals surface area contributed by atoms with Crippen molar-refractivity contribution >= 4 is 17.8 Å². The molecule has 0 aromatic heterocycles. The number of hydrogen-bond donors (Lipinski definition) is 1. The lowest BCUT2D eigenvalue weighted by Gasteiger charge is -2.33. The van der Waals surface area contributed by atoms with Crippen molar-refractivity contribution in [1.29, 1.82) is 0 Å². The number of carbonyl (C=O) groups excluding carboxylic acids is 2. The van der Waals surface area contributed by atoms with Gasteiger partial charge in [0.05, 0.1) is 11.0 Å². The number of rotatable bonds is 3. The van der Waals surface area contributed by atoms with Gasteiger partial charge in [-0.15, -0.1) is 0 Å². The van der Waals surface area contributed by atoms with E-state index in [0.717, 1.165) is 12.1 Å². The molecule has 1 aromatic rings. The Labute approximate surface area is 155 Å². The molecule has 1 unspecified atom stereocenters. The SMILES string of the molecule is CC1(C(=O)O)CCN(C(=O)C2CCN(C(=O)c3ccc(F)cc3F)CC2)C1. The Bertz CT molecular complexity index is 777. The molecule has 3 rings (SSSR count). The van der Waals surface area contributed by atoms with Crippen molar-refractivity contribution < 1.29 is 28.3 Å². The molecule has 2 heterocycles. The Hall–Kier alpha value is -2.51. The van der Waals surface area contributed by atoms with E-state index in [0.29, 0.717) is 45.0 Å². The number of aliphatic carboxylic acids is 1. The summed E-state index contributed by atoms with van der Waals surface area (Å²) in [5.41, 5.74) is -1.09. The van der Waals surface area contributed by atoms with Crippen molar-refractivity contribution in [2.75, 3.05) is 26.2 Å². The summed E-state index contributed by atoms with van der Waals surface area (Å²) in [5.74, 6) is -3.42. The van der Waals surface area contributed by atoms with Gasteiger partial charge >= 0.3 is 5.97 Å². The summed E-state index contributed by atoms with van der Waals surface area (Å²) in [4.78, 5) is 39.5. The zero-order valence-electron chi connectivity index (χ0n) is 15.1. The van der Waals surface area contributed by atoms with Gasteiger partial charge in [-0.3, -0.25) is 14.4 Å². The third-order valence-corrected chi connectivity index (χ3v) is 5.59. The fraction of sp³-hybridized carbons (Fsp3) is 0.526. The molecule has 0 bridgehead atoms. The highest BCUT2D eigenvalue weighted by Crippen LogP contribution is 2.32. The highest BCUT2D eigenvalue weighted by atomic mass is 19.1. The number of halogens is 2. The highest BCUT2D eigenvalue weighted by Gasteiger charge is 2.43. The normalized spacial score (nSPS) is 23.5. The molecule has 1 aromatic carbocycles. The van der Waals surface area contributed by atoms with Crippen LogP contribution in [0.25, 0.3) is 0 Å². The van der Waals surface area contributed by atoms with Gasteiger partial charge in [-0.1, -0.05) is 0 Å². The largest absolute Gasteiger partial charge is 0.481 e. The molecule has 0 radical (unpaired) electrons. The molecule has 27 heavy (non-hydrogen) atoms. The lowest BCUT2D eigenvalue weighted by Crippen LogP contribution is -2.44. The van der Waals surface area contributed by atoms with Crippen molar-refractivity contribution in [3.8, 4) is 0 Å². The molecule has 6 nitrogen and oxygen atoms in total. The minimum Gasteiger partial charge on any atom is -0.481 e. The quantitative estimate of drug-likeness (QED) is 0.872. The predicted octanol–water partition coefficient (Wildman–Crippen LogP) is 2.14. The second-order valence-corrected chi connectivity index (χ2v) is 7.57. The summed E-state index contributed by atoms with van der Waals surface area (Å²) in [6, 6.07) is 2.84. The molecule has 2 saturated heterocycles. The molecular formula is C19H22F2N2O4. The smallest absolute Gasteiger partial charge is 0.311 e. The molecule has 1 atom stereocenters. The molecule has 1 N–H and O–H groups in total. The van der Waals surface area contributed by atoms with Gasteiger partial charge in [-0.25, -0.2) is 8.78 Å². The zero-order valence-corrected chi connectivity index (χ0v) is 15.1. The number of likely N-dealkylation sites (tertiary alicyclic amines) is 2. The van der Waals surface area contributed by atoms with Gasteiger partial charge in [0.2, 0.25) is 5.91 Å². The monoisotopic (exact) mass is 380 g/mol. The van der Waals surface area contributed by atoms with Crippen molar-refractivity contribution in [2.24, 2.45) is 11.3 Å². The molecule has 0 spiro atoms. The number of carboxylic acid groups (broad SMARTS) is 1. The highest BCUT2D eigenvalue weighted by molar-refractivity contribution is 5.94. The predicted molar refractivity (Wildman–Crippen MR) is 91.9 cm³/mol. The topological polar surface area (TPSA) is 77.9 Å². The van der Waals surface area contributed by atoms with Crippen molar-refractivity contribution in [1.82, 2.24) is 9.80 Å². The van der Waals surface area contributed by atoms with Crippen LogP contribution in [0.3, 0.4) is 0 Å². The second-order valence-electron chi connectivity index (χ2n) is 7.57. The Balaban J connectivity index is 1.58. The number of piperidine rings is 1. The molecular weight excluding hydrogens is 358 g/mol. The lowest BCUT2D eigenvalue weighted by molar-refractivity contribution is -0.147. The minimum absolute atomic E-state index is 0.0833. The van der Waals surface area contributed by atoms with Crippen LogP contribution in [0.5, 0.6) is 0 Å². The van der Waals surface area contributed by atoms with Crippen LogP contribution in [-0.4, -0.2) is 58.9 Å². The van der Waals surface area contributed by atoms with E-state index in [1.807, 2.05) is 0 Å². The van der Waals surface area contributed by atoms with Crippen LogP contribution in [-0.2, 0) is 9.59 Å². The van der Waals surface area contributed by atoms with Crippen molar-refractivity contribution in [2.45, 2.75) is 26.2 Å². The van der Waals surface area contributed by atoms with Gasteiger partial charge in [-0.2, -0.15) is 0 Å². The van der Waals surface area contributed by atoms with Gasteiger partial charge in [0.15, 0.2) is 0 Å². The van der Waals surface area contributed by atoms with Gasteiger partial charge in [0.25, 0.3) is 5.91 Å². The third-order valence-electron chi connectivity index (χ3n) is 5.59. The molecule has 2 aliphatic heterocycles. The maximum atomic E-state index is 13.8. The van der Waals surface area contributed by atoms with Gasteiger partial charge in [0.1, 0.15) is 11.6 Å². The number of hydrogen-bond acceptors (Lipinski definition) is 3. The third kappa shape index (κ3) is 3.79. The molecule has 0 aliphatic carbocycles. The van der Waals surface area contributed by atoms with E-state index in [2.05, 4.69) is 0 Å². The minimum atomic E-state index is -0.910. The molecule has 146 valence electrons. The first-order valence-electron chi connectivity index (χ1n) is 8.98. The van der Waals surface area contributed by atoms with Crippen LogP contribution >= 0.6 is 0 Å². The summed E-state index contributed by atoms with van der Waals surface area (Å²) < 4.78 is 26.8. The Morgan fingerprint density at radius 2 is 1.78 bits per heavy atom. The molecule has 8 heteroatoms. The first-order valence-corrected chi connectivity index (χ1v) is 8.98. The first kappa shape index (κ1) is 19.3. The molecule has 2 fully saturated rings. The van der Waals surface area contributed by atoms with Gasteiger partial charge in [0, 0.05) is 38.2 Å². The van der Waals surface area contributed by atoms with Crippen LogP contribution in [0.1, 0.15) is 36.5 Å². The van der Waals surface area contributed by atoms with Crippen molar-refractivity contribution in [3.63, 3.8) is 0 Å². The first-order chi connectivity index (χ1) is 12.7. The van der Waals surface area contributed by atoms with E-state index in [1.54, 1.807) is 11.8 Å². The number of nitrogens with zero attached hydrogens (tertiary/aromatic N) is 2. The summed E-state index contributed by atoms with van der Waals surface area (Å²) in [5, 5.41) is 9.29. The Morgan fingerprint density at radius 1 is 1.11 bits per heavy atom. The van der Waals surface area contributed by atoms with Crippen LogP contribution in [0, 0.1) is 23.0 Å². The average molecular weight is 380 g/mol. The van der Waals surface area contributed by atoms with E-state index in [9.17, 15) is 28.3 Å². The second kappa shape index (κ2) is 7.25. The van der Waals surface area contributed by atoms with E-state index >= 15 is 0 Å². The van der Waals surface area contributed by atoms with E-state index in [-0.39, 0.29) is 23.9 Å². The van der Waals surface area contributed by atoms with E-state index in [1.165, 1.54) is 4.90 Å². The van der Waals surface area contributed by atoms with E-state index in [4.69, 9.17) is 0 Å². The van der Waals surface area contributed by atoms with E-state index < -0.39 is 28.9 Å². The summed E-state index contributed by atoms with van der Waals surface area (Å²) >= 11 is 0. The summed E-state index contributed by atoms with van der Waals surface area (Å²) in [7, 11) is 0. The summed E-state index contributed by atoms with van der Waals surface area (Å²) in [6.07, 6.45) is 1.30. The van der Waals surface area contributed by atoms with Crippen LogP contribution in [0.2, 0.25) is 0 Å². The lowest BCUT2D eigenvalue weighted by atomic mass is 9.90. The number of benzene rings is 1. The number of amides is 2. The fourth-order valence-corrected chi connectivity index (χ4v) is 3.74. The van der Waals surface area contributed by atoms with Crippen LogP contribution in [0.4, 0.5) is 8.78 Å². The van der Waals surface area contributed by atoms with Gasteiger partial charge < -0.3 is 14.9 Å². The fourth-order valence-electron chi connectivity index (χ4n) is 3.74. The maximum absolute atomic E-state index is 13.8.